The molecule has 7 nitrogen and oxygen atoms in total. The fourth-order valence-electron chi connectivity index (χ4n) is 4.29. The number of nitrogens with one attached hydrogen (secondary N) is 1. The number of anilines is 2. The lowest BCUT2D eigenvalue weighted by molar-refractivity contribution is -0.116. The Balaban J connectivity index is 1.44. The van der Waals surface area contributed by atoms with Crippen molar-refractivity contribution in [3.05, 3.63) is 54.4 Å². The fraction of sp³-hybridized carbons (Fsp3) is 0.346. The van der Waals surface area contributed by atoms with Crippen molar-refractivity contribution >= 4 is 33.8 Å². The zero-order valence-corrected chi connectivity index (χ0v) is 19.1. The van der Waals surface area contributed by atoms with Crippen LogP contribution in [0.5, 0.6) is 11.5 Å². The topological polar surface area (TPSA) is 80.8 Å². The molecular weight excluding hydrogens is 418 g/mol. The molecule has 0 aliphatic carbocycles. The molecule has 1 aliphatic heterocycles. The van der Waals surface area contributed by atoms with Crippen molar-refractivity contribution in [2.45, 2.75) is 32.1 Å². The van der Waals surface area contributed by atoms with E-state index in [9.17, 15) is 9.59 Å². The number of rotatable bonds is 8. The second-order valence-electron chi connectivity index (χ2n) is 8.14. The Kier molecular flexibility index (Phi) is 7.07. The first-order chi connectivity index (χ1) is 16.1. The monoisotopic (exact) mass is 447 g/mol. The molecule has 7 heteroatoms. The average molecular weight is 448 g/mol. The summed E-state index contributed by atoms with van der Waals surface area (Å²) in [5.74, 6) is 0.707. The maximum absolute atomic E-state index is 12.7. The largest absolute Gasteiger partial charge is 0.493 e. The van der Waals surface area contributed by atoms with E-state index in [0.29, 0.717) is 22.7 Å². The number of benzene rings is 2. The number of carbonyl (C=O) groups is 2. The molecule has 2 aromatic carbocycles. The van der Waals surface area contributed by atoms with Crippen LogP contribution in [0, 0.1) is 0 Å². The standard InChI is InChI=1S/C26H29N3O4/c1-32-24-10-6-18(16-25(24)33-2)23(30)9-11-26(31)28-21-7-8-22(29-14-4-3-5-15-29)19-12-13-27-17-20(19)21/h6-8,10,12-13,16-17H,3-5,9,11,14-15H2,1-2H3,(H,28,31). The van der Waals surface area contributed by atoms with Crippen LogP contribution in [-0.4, -0.2) is 44.0 Å². The molecule has 1 N–H and O–H groups in total. The average Bonchev–Trinajstić information content (AvgIpc) is 2.87. The van der Waals surface area contributed by atoms with Crippen molar-refractivity contribution in [1.29, 1.82) is 0 Å². The van der Waals surface area contributed by atoms with E-state index in [2.05, 4.69) is 21.3 Å². The van der Waals surface area contributed by atoms with Gasteiger partial charge in [0.05, 0.1) is 19.9 Å². The van der Waals surface area contributed by atoms with Crippen LogP contribution in [-0.2, 0) is 4.79 Å². The maximum atomic E-state index is 12.7. The van der Waals surface area contributed by atoms with E-state index in [1.807, 2.05) is 12.1 Å². The molecule has 0 spiro atoms. The predicted octanol–water partition coefficient (Wildman–Crippen LogP) is 4.84. The Morgan fingerprint density at radius 2 is 1.73 bits per heavy atom. The van der Waals surface area contributed by atoms with Crippen LogP contribution in [0.2, 0.25) is 0 Å². The molecule has 2 heterocycles. The number of methoxy groups -OCH3 is 2. The van der Waals surface area contributed by atoms with Crippen molar-refractivity contribution in [1.82, 2.24) is 4.98 Å². The van der Waals surface area contributed by atoms with E-state index >= 15 is 0 Å². The zero-order valence-electron chi connectivity index (χ0n) is 19.1. The SMILES string of the molecule is COc1ccc(C(=O)CCC(=O)Nc2ccc(N3CCCCC3)c3ccncc23)cc1OC. The summed E-state index contributed by atoms with van der Waals surface area (Å²) in [6.45, 7) is 2.09. The lowest BCUT2D eigenvalue weighted by Crippen LogP contribution is -2.29. The van der Waals surface area contributed by atoms with Crippen LogP contribution >= 0.6 is 0 Å². The Morgan fingerprint density at radius 3 is 2.48 bits per heavy atom. The van der Waals surface area contributed by atoms with Gasteiger partial charge in [-0.1, -0.05) is 0 Å². The summed E-state index contributed by atoms with van der Waals surface area (Å²) in [7, 11) is 3.07. The van der Waals surface area contributed by atoms with E-state index in [-0.39, 0.29) is 24.5 Å². The number of pyridine rings is 1. The Labute approximate surface area is 193 Å². The van der Waals surface area contributed by atoms with E-state index in [4.69, 9.17) is 9.47 Å². The predicted molar refractivity (Wildman–Crippen MR) is 130 cm³/mol. The molecule has 0 saturated carbocycles. The van der Waals surface area contributed by atoms with Crippen molar-refractivity contribution in [3.8, 4) is 11.5 Å². The first-order valence-corrected chi connectivity index (χ1v) is 11.3. The number of ether oxygens (including phenoxy) is 2. The fourth-order valence-corrected chi connectivity index (χ4v) is 4.29. The molecule has 1 saturated heterocycles. The van der Waals surface area contributed by atoms with Gasteiger partial charge in [-0.05, 0) is 55.7 Å². The minimum absolute atomic E-state index is 0.0861. The Morgan fingerprint density at radius 1 is 0.939 bits per heavy atom. The highest BCUT2D eigenvalue weighted by Crippen LogP contribution is 2.33. The van der Waals surface area contributed by atoms with Gasteiger partial charge in [-0.3, -0.25) is 14.6 Å². The minimum atomic E-state index is -0.209. The van der Waals surface area contributed by atoms with Gasteiger partial charge in [0.15, 0.2) is 17.3 Å². The first-order valence-electron chi connectivity index (χ1n) is 11.3. The number of carbonyl (C=O) groups excluding carboxylic acids is 2. The molecule has 1 amide bonds. The Hall–Kier alpha value is -3.61. The molecule has 172 valence electrons. The highest BCUT2D eigenvalue weighted by atomic mass is 16.5. The zero-order chi connectivity index (χ0) is 23.2. The summed E-state index contributed by atoms with van der Waals surface area (Å²) in [5, 5.41) is 4.95. The second kappa shape index (κ2) is 10.3. The van der Waals surface area contributed by atoms with Gasteiger partial charge in [0.1, 0.15) is 0 Å². The number of fused-ring (bicyclic) bond motifs is 1. The van der Waals surface area contributed by atoms with Gasteiger partial charge in [0.2, 0.25) is 5.91 Å². The van der Waals surface area contributed by atoms with Crippen LogP contribution in [0.3, 0.4) is 0 Å². The van der Waals surface area contributed by atoms with E-state index in [1.54, 1.807) is 37.7 Å². The number of piperidine rings is 1. The quantitative estimate of drug-likeness (QED) is 0.498. The number of ketones is 1. The molecule has 0 atom stereocenters. The van der Waals surface area contributed by atoms with Crippen LogP contribution < -0.4 is 19.7 Å². The molecule has 0 unspecified atom stereocenters. The molecule has 1 aromatic heterocycles. The molecule has 33 heavy (non-hydrogen) atoms. The van der Waals surface area contributed by atoms with Gasteiger partial charge in [-0.25, -0.2) is 0 Å². The minimum Gasteiger partial charge on any atom is -0.493 e. The highest BCUT2D eigenvalue weighted by molar-refractivity contribution is 6.07. The number of hydrogen-bond acceptors (Lipinski definition) is 6. The van der Waals surface area contributed by atoms with Crippen molar-refractivity contribution < 1.29 is 19.1 Å². The van der Waals surface area contributed by atoms with Crippen LogP contribution in [0.1, 0.15) is 42.5 Å². The van der Waals surface area contributed by atoms with Crippen LogP contribution in [0.25, 0.3) is 10.8 Å². The lowest BCUT2D eigenvalue weighted by Gasteiger charge is -2.30. The van der Waals surface area contributed by atoms with E-state index in [1.165, 1.54) is 32.1 Å². The highest BCUT2D eigenvalue weighted by Gasteiger charge is 2.17. The normalized spacial score (nSPS) is 13.6. The third-order valence-corrected chi connectivity index (χ3v) is 6.05. The maximum Gasteiger partial charge on any atom is 0.224 e. The molecule has 1 aliphatic rings. The second-order valence-corrected chi connectivity index (χ2v) is 8.14. The summed E-state index contributed by atoms with van der Waals surface area (Å²) < 4.78 is 10.5. The number of Topliss-reactive ketones (excluding diaryl/α,β-unsaturated/α-hetero) is 1. The third kappa shape index (κ3) is 5.08. The van der Waals surface area contributed by atoms with Gasteiger partial charge in [-0.15, -0.1) is 0 Å². The number of hydrogen-bond donors (Lipinski definition) is 1. The number of amides is 1. The van der Waals surface area contributed by atoms with E-state index < -0.39 is 0 Å². The summed E-state index contributed by atoms with van der Waals surface area (Å²) in [6, 6.07) is 11.0. The van der Waals surface area contributed by atoms with Crippen molar-refractivity contribution in [3.63, 3.8) is 0 Å². The smallest absolute Gasteiger partial charge is 0.224 e. The third-order valence-electron chi connectivity index (χ3n) is 6.05. The van der Waals surface area contributed by atoms with Gasteiger partial charge in [0.25, 0.3) is 0 Å². The van der Waals surface area contributed by atoms with Crippen LogP contribution in [0.4, 0.5) is 11.4 Å². The van der Waals surface area contributed by atoms with Gasteiger partial charge in [-0.2, -0.15) is 0 Å². The summed E-state index contributed by atoms with van der Waals surface area (Å²) in [6.07, 6.45) is 7.41. The van der Waals surface area contributed by atoms with Gasteiger partial charge >= 0.3 is 0 Å². The lowest BCUT2D eigenvalue weighted by atomic mass is 10.0. The number of aromatic nitrogens is 1. The van der Waals surface area contributed by atoms with Crippen molar-refractivity contribution in [2.75, 3.05) is 37.5 Å². The van der Waals surface area contributed by atoms with Gasteiger partial charge < -0.3 is 19.7 Å². The summed E-state index contributed by atoms with van der Waals surface area (Å²) in [5.41, 5.74) is 2.37. The molecule has 0 bridgehead atoms. The Bertz CT molecular complexity index is 1160. The molecule has 3 aromatic rings. The first kappa shape index (κ1) is 22.6. The number of nitrogens with zero attached hydrogens (tertiary/aromatic N) is 2. The molecule has 1 fully saturated rings. The molecule has 4 rings (SSSR count). The molecule has 0 radical (unpaired) electrons. The summed E-state index contributed by atoms with van der Waals surface area (Å²) >= 11 is 0. The molecular formula is C26H29N3O4. The van der Waals surface area contributed by atoms with Crippen LogP contribution in [0.15, 0.2) is 48.8 Å². The van der Waals surface area contributed by atoms with E-state index in [0.717, 1.165) is 23.9 Å². The summed E-state index contributed by atoms with van der Waals surface area (Å²) in [4.78, 5) is 31.9. The van der Waals surface area contributed by atoms with Crippen molar-refractivity contribution in [2.24, 2.45) is 0 Å². The van der Waals surface area contributed by atoms with Gasteiger partial charge in [0, 0.05) is 60.3 Å².